The Hall–Kier alpha value is -3.05. The van der Waals surface area contributed by atoms with E-state index in [0.717, 1.165) is 18.2 Å². The molecule has 0 radical (unpaired) electrons. The molecule has 0 saturated carbocycles. The molecule has 1 aromatic heterocycles. The average Bonchev–Trinajstić information content (AvgIpc) is 3.03. The van der Waals surface area contributed by atoms with Gasteiger partial charge in [-0.15, -0.1) is 0 Å². The zero-order valence-corrected chi connectivity index (χ0v) is 16.3. The maximum Gasteiger partial charge on any atom is 0.417 e. The monoisotopic (exact) mass is 420 g/mol. The largest absolute Gasteiger partial charge is 0.508 e. The molecule has 158 valence electrons. The Bertz CT molecular complexity index is 1130. The predicted octanol–water partition coefficient (Wildman–Crippen LogP) is 5.09. The molecule has 3 rings (SSSR count). The number of aliphatic hydroxyl groups is 1. The molecule has 1 heterocycles. The molecule has 0 aliphatic heterocycles. The Morgan fingerprint density at radius 2 is 1.77 bits per heavy atom. The number of aromatic hydroxyl groups is 1. The number of hydrogen-bond donors (Lipinski definition) is 3. The fourth-order valence-corrected chi connectivity index (χ4v) is 3.81. The van der Waals surface area contributed by atoms with E-state index in [1.807, 2.05) is 6.07 Å². The van der Waals surface area contributed by atoms with Crippen molar-refractivity contribution in [1.82, 2.24) is 4.98 Å². The van der Waals surface area contributed by atoms with Crippen LogP contribution >= 0.6 is 0 Å². The van der Waals surface area contributed by atoms with Gasteiger partial charge in [-0.3, -0.25) is 0 Å². The third kappa shape index (κ3) is 4.12. The number of halogens is 4. The molecule has 0 fully saturated rings. The molecule has 0 spiro atoms. The number of aromatic amines is 1. The molecule has 3 aromatic rings. The smallest absolute Gasteiger partial charge is 0.417 e. The van der Waals surface area contributed by atoms with Gasteiger partial charge in [0.25, 0.3) is 0 Å². The summed E-state index contributed by atoms with van der Waals surface area (Å²) in [4.78, 5) is 2.82. The van der Waals surface area contributed by atoms with E-state index in [1.54, 1.807) is 12.1 Å². The standard InChI is InChI=1S/C22H20F4N2O2/c1-20(2,17-9-15(23)5-6-19(17)29)12-21(30,22(24,25)26)10-16-8-14-4-3-13(11-27)7-18(14)28-16/h3-9,28-30H,10,12H2,1-2H3. The van der Waals surface area contributed by atoms with Crippen LogP contribution < -0.4 is 0 Å². The minimum atomic E-state index is -4.98. The molecule has 1 unspecified atom stereocenters. The zero-order chi connectivity index (χ0) is 22.3. The highest BCUT2D eigenvalue weighted by molar-refractivity contribution is 5.81. The van der Waals surface area contributed by atoms with Crippen LogP contribution in [0.5, 0.6) is 5.75 Å². The van der Waals surface area contributed by atoms with E-state index in [1.165, 1.54) is 26.0 Å². The number of hydrogen-bond acceptors (Lipinski definition) is 3. The zero-order valence-electron chi connectivity index (χ0n) is 16.3. The Balaban J connectivity index is 1.99. The fraction of sp³-hybridized carbons (Fsp3) is 0.318. The molecule has 4 nitrogen and oxygen atoms in total. The second-order valence-corrected chi connectivity index (χ2v) is 8.14. The van der Waals surface area contributed by atoms with Crippen molar-refractivity contribution >= 4 is 10.9 Å². The van der Waals surface area contributed by atoms with Gasteiger partial charge in [0.2, 0.25) is 0 Å². The maximum absolute atomic E-state index is 13.9. The summed E-state index contributed by atoms with van der Waals surface area (Å²) in [5, 5.41) is 30.3. The number of H-pyrrole nitrogens is 1. The van der Waals surface area contributed by atoms with Crippen LogP contribution in [0.25, 0.3) is 10.9 Å². The van der Waals surface area contributed by atoms with Gasteiger partial charge in [0.1, 0.15) is 11.6 Å². The maximum atomic E-state index is 13.9. The number of nitrogens with one attached hydrogen (secondary N) is 1. The second-order valence-electron chi connectivity index (χ2n) is 8.14. The van der Waals surface area contributed by atoms with Crippen molar-refractivity contribution in [2.75, 3.05) is 0 Å². The first kappa shape index (κ1) is 21.7. The summed E-state index contributed by atoms with van der Waals surface area (Å²) in [6, 6.07) is 11.2. The van der Waals surface area contributed by atoms with E-state index < -0.39 is 35.9 Å². The van der Waals surface area contributed by atoms with Crippen LogP contribution in [0.2, 0.25) is 0 Å². The molecule has 1 atom stereocenters. The van der Waals surface area contributed by atoms with Gasteiger partial charge in [-0.2, -0.15) is 18.4 Å². The summed E-state index contributed by atoms with van der Waals surface area (Å²) in [5.74, 6) is -1.05. The topological polar surface area (TPSA) is 80.0 Å². The molecule has 8 heteroatoms. The highest BCUT2D eigenvalue weighted by Gasteiger charge is 2.56. The Labute approximate surface area is 170 Å². The van der Waals surface area contributed by atoms with Crippen LogP contribution in [0.15, 0.2) is 42.5 Å². The van der Waals surface area contributed by atoms with Crippen LogP contribution in [-0.4, -0.2) is 27.0 Å². The minimum Gasteiger partial charge on any atom is -0.508 e. The molecule has 2 aromatic carbocycles. The first-order valence-electron chi connectivity index (χ1n) is 9.14. The number of aromatic nitrogens is 1. The van der Waals surface area contributed by atoms with E-state index in [4.69, 9.17) is 5.26 Å². The first-order valence-corrected chi connectivity index (χ1v) is 9.14. The van der Waals surface area contributed by atoms with Crippen molar-refractivity contribution < 1.29 is 27.8 Å². The molecular weight excluding hydrogens is 400 g/mol. The van der Waals surface area contributed by atoms with Crippen LogP contribution in [0.3, 0.4) is 0 Å². The average molecular weight is 420 g/mol. The van der Waals surface area contributed by atoms with Gasteiger partial charge in [-0.05, 0) is 53.6 Å². The summed E-state index contributed by atoms with van der Waals surface area (Å²) < 4.78 is 55.5. The molecule has 0 aliphatic rings. The third-order valence-electron chi connectivity index (χ3n) is 5.24. The van der Waals surface area contributed by atoms with Gasteiger partial charge in [0, 0.05) is 23.2 Å². The predicted molar refractivity (Wildman–Crippen MR) is 103 cm³/mol. The summed E-state index contributed by atoms with van der Waals surface area (Å²) in [7, 11) is 0. The summed E-state index contributed by atoms with van der Waals surface area (Å²) in [6.45, 7) is 2.81. The minimum absolute atomic E-state index is 0.0273. The number of benzene rings is 2. The van der Waals surface area contributed by atoms with Gasteiger partial charge in [-0.25, -0.2) is 4.39 Å². The lowest BCUT2D eigenvalue weighted by Crippen LogP contribution is -2.50. The lowest BCUT2D eigenvalue weighted by atomic mass is 9.73. The molecule has 0 aliphatic carbocycles. The fourth-order valence-electron chi connectivity index (χ4n) is 3.81. The molecule has 0 saturated heterocycles. The lowest BCUT2D eigenvalue weighted by Gasteiger charge is -2.38. The van der Waals surface area contributed by atoms with Crippen LogP contribution in [-0.2, 0) is 11.8 Å². The summed E-state index contributed by atoms with van der Waals surface area (Å²) >= 11 is 0. The normalized spacial score (nSPS) is 14.5. The molecule has 0 bridgehead atoms. The SMILES string of the molecule is CC(C)(CC(O)(Cc1cc2ccc(C#N)cc2[nH]1)C(F)(F)F)c1cc(F)ccc1O. The number of phenols is 1. The van der Waals surface area contributed by atoms with Crippen molar-refractivity contribution in [3.63, 3.8) is 0 Å². The summed E-state index contributed by atoms with van der Waals surface area (Å²) in [5.41, 5.74) is -3.59. The second kappa shape index (κ2) is 7.33. The van der Waals surface area contributed by atoms with E-state index >= 15 is 0 Å². The van der Waals surface area contributed by atoms with Crippen molar-refractivity contribution in [1.29, 1.82) is 5.26 Å². The number of nitrogens with zero attached hydrogens (tertiary/aromatic N) is 1. The Morgan fingerprint density at radius 3 is 2.40 bits per heavy atom. The van der Waals surface area contributed by atoms with E-state index in [0.29, 0.717) is 16.5 Å². The Morgan fingerprint density at radius 1 is 1.07 bits per heavy atom. The lowest BCUT2D eigenvalue weighted by molar-refractivity contribution is -0.266. The van der Waals surface area contributed by atoms with Crippen molar-refractivity contribution in [3.8, 4) is 11.8 Å². The molecule has 0 amide bonds. The number of nitriles is 1. The quantitative estimate of drug-likeness (QED) is 0.503. The van der Waals surface area contributed by atoms with Crippen LogP contribution in [0.4, 0.5) is 17.6 Å². The van der Waals surface area contributed by atoms with Crippen LogP contribution in [0, 0.1) is 17.1 Å². The van der Waals surface area contributed by atoms with Crippen molar-refractivity contribution in [3.05, 3.63) is 65.1 Å². The molecule has 3 N–H and O–H groups in total. The number of phenolic OH excluding ortho intramolecular Hbond substituents is 1. The van der Waals surface area contributed by atoms with E-state index in [9.17, 15) is 27.8 Å². The summed E-state index contributed by atoms with van der Waals surface area (Å²) in [6.07, 6.45) is -6.56. The van der Waals surface area contributed by atoms with Gasteiger partial charge in [0.15, 0.2) is 5.60 Å². The first-order chi connectivity index (χ1) is 13.8. The highest BCUT2D eigenvalue weighted by atomic mass is 19.4. The van der Waals surface area contributed by atoms with Gasteiger partial charge in [0.05, 0.1) is 11.6 Å². The van der Waals surface area contributed by atoms with E-state index in [2.05, 4.69) is 4.98 Å². The van der Waals surface area contributed by atoms with E-state index in [-0.39, 0.29) is 17.0 Å². The number of fused-ring (bicyclic) bond motifs is 1. The Kier molecular flexibility index (Phi) is 5.29. The third-order valence-corrected chi connectivity index (χ3v) is 5.24. The molecular formula is C22H20F4N2O2. The van der Waals surface area contributed by atoms with Crippen molar-refractivity contribution in [2.45, 2.75) is 43.9 Å². The van der Waals surface area contributed by atoms with Crippen molar-refractivity contribution in [2.24, 2.45) is 0 Å². The highest BCUT2D eigenvalue weighted by Crippen LogP contribution is 2.45. The number of alkyl halides is 3. The van der Waals surface area contributed by atoms with Crippen LogP contribution in [0.1, 0.15) is 37.1 Å². The van der Waals surface area contributed by atoms with Gasteiger partial charge >= 0.3 is 6.18 Å². The van der Waals surface area contributed by atoms with Gasteiger partial charge in [-0.1, -0.05) is 19.9 Å². The molecule has 30 heavy (non-hydrogen) atoms. The van der Waals surface area contributed by atoms with Gasteiger partial charge < -0.3 is 15.2 Å². The number of rotatable bonds is 5.